The number of nitrogens with zero attached hydrogens (tertiary/aromatic N) is 1. The number of carbonyl (C=O) groups excluding carboxylic acids is 1. The normalized spacial score (nSPS) is 10.9. The Labute approximate surface area is 193 Å². The molecule has 4 nitrogen and oxygen atoms in total. The highest BCUT2D eigenvalue weighted by atomic mass is 79.9. The van der Waals surface area contributed by atoms with Crippen molar-refractivity contribution in [2.24, 2.45) is 0 Å². The van der Waals surface area contributed by atoms with Gasteiger partial charge in [-0.3, -0.25) is 10.1 Å². The number of rotatable bonds is 7. The zero-order chi connectivity index (χ0) is 21.5. The van der Waals surface area contributed by atoms with Gasteiger partial charge >= 0.3 is 0 Å². The van der Waals surface area contributed by atoms with Crippen molar-refractivity contribution in [2.75, 3.05) is 5.32 Å². The van der Waals surface area contributed by atoms with Gasteiger partial charge in [0, 0.05) is 21.5 Å². The van der Waals surface area contributed by atoms with E-state index in [9.17, 15) is 4.79 Å². The maximum Gasteiger partial charge on any atom is 0.250 e. The fraction of sp³-hybridized carbons (Fsp3) is 0.0400. The summed E-state index contributed by atoms with van der Waals surface area (Å²) in [5, 5.41) is 5.30. The second kappa shape index (κ2) is 10.2. The van der Waals surface area contributed by atoms with Crippen LogP contribution >= 0.6 is 27.3 Å². The first kappa shape index (κ1) is 21.0. The Bertz CT molecular complexity index is 1190. The molecule has 154 valence electrons. The molecule has 0 radical (unpaired) electrons. The predicted octanol–water partition coefficient (Wildman–Crippen LogP) is 6.80. The zero-order valence-electron chi connectivity index (χ0n) is 16.5. The Kier molecular flexibility index (Phi) is 6.92. The van der Waals surface area contributed by atoms with E-state index in [1.165, 1.54) is 17.4 Å². The van der Waals surface area contributed by atoms with Gasteiger partial charge in [-0.1, -0.05) is 70.5 Å². The average Bonchev–Trinajstić information content (AvgIpc) is 3.26. The Balaban J connectivity index is 1.31. The molecular weight excluding hydrogens is 472 g/mol. The number of halogens is 1. The van der Waals surface area contributed by atoms with Crippen LogP contribution < -0.4 is 10.1 Å². The van der Waals surface area contributed by atoms with Crippen LogP contribution in [0.5, 0.6) is 5.75 Å². The molecule has 1 aromatic heterocycles. The van der Waals surface area contributed by atoms with Crippen LogP contribution in [0.1, 0.15) is 11.1 Å². The van der Waals surface area contributed by atoms with E-state index in [2.05, 4.69) is 26.2 Å². The quantitative estimate of drug-likeness (QED) is 0.289. The summed E-state index contributed by atoms with van der Waals surface area (Å²) in [6, 6.07) is 25.5. The molecular formula is C25H19BrN2O2S. The lowest BCUT2D eigenvalue weighted by molar-refractivity contribution is -0.111. The monoisotopic (exact) mass is 490 g/mol. The molecule has 3 aromatic carbocycles. The number of thiazole rings is 1. The van der Waals surface area contributed by atoms with Gasteiger partial charge in [0.15, 0.2) is 5.13 Å². The summed E-state index contributed by atoms with van der Waals surface area (Å²) in [6.07, 6.45) is 3.26. The molecule has 1 heterocycles. The van der Waals surface area contributed by atoms with E-state index in [0.717, 1.165) is 32.6 Å². The van der Waals surface area contributed by atoms with Gasteiger partial charge < -0.3 is 4.74 Å². The number of amides is 1. The van der Waals surface area contributed by atoms with Gasteiger partial charge in [0.25, 0.3) is 0 Å². The van der Waals surface area contributed by atoms with Crippen LogP contribution in [0.4, 0.5) is 5.13 Å². The third kappa shape index (κ3) is 6.13. The second-order valence-electron chi connectivity index (χ2n) is 6.71. The number of carbonyl (C=O) groups is 1. The molecule has 0 atom stereocenters. The molecule has 0 spiro atoms. The van der Waals surface area contributed by atoms with Crippen LogP contribution in [0.15, 0.2) is 94.8 Å². The molecule has 4 aromatic rings. The molecule has 0 unspecified atom stereocenters. The maximum absolute atomic E-state index is 12.2. The van der Waals surface area contributed by atoms with Crippen LogP contribution in [-0.4, -0.2) is 10.9 Å². The molecule has 0 saturated carbocycles. The van der Waals surface area contributed by atoms with Gasteiger partial charge in [-0.05, 0) is 41.5 Å². The third-order valence-electron chi connectivity index (χ3n) is 4.41. The Morgan fingerprint density at radius 1 is 1.03 bits per heavy atom. The minimum Gasteiger partial charge on any atom is -0.489 e. The minimum atomic E-state index is -0.223. The average molecular weight is 491 g/mol. The highest BCUT2D eigenvalue weighted by Gasteiger charge is 2.07. The van der Waals surface area contributed by atoms with Crippen molar-refractivity contribution in [3.8, 4) is 17.0 Å². The Morgan fingerprint density at radius 2 is 1.84 bits per heavy atom. The van der Waals surface area contributed by atoms with Crippen LogP contribution in [0.2, 0.25) is 0 Å². The van der Waals surface area contributed by atoms with Gasteiger partial charge in [0.2, 0.25) is 5.91 Å². The van der Waals surface area contributed by atoms with Gasteiger partial charge in [-0.2, -0.15) is 0 Å². The summed E-state index contributed by atoms with van der Waals surface area (Å²) in [7, 11) is 0. The van der Waals surface area contributed by atoms with E-state index in [-0.39, 0.29) is 5.91 Å². The lowest BCUT2D eigenvalue weighted by Gasteiger charge is -2.06. The Morgan fingerprint density at radius 3 is 2.61 bits per heavy atom. The first-order chi connectivity index (χ1) is 15.2. The van der Waals surface area contributed by atoms with Crippen LogP contribution in [0, 0.1) is 0 Å². The fourth-order valence-corrected chi connectivity index (χ4v) is 3.97. The van der Waals surface area contributed by atoms with Gasteiger partial charge in [-0.15, -0.1) is 11.3 Å². The van der Waals surface area contributed by atoms with E-state index in [0.29, 0.717) is 11.7 Å². The van der Waals surface area contributed by atoms with Crippen molar-refractivity contribution < 1.29 is 9.53 Å². The standard InChI is InChI=1S/C25H19BrN2O2S/c26-21-8-4-7-20(15-21)23-17-31-25(27-23)28-24(29)14-11-18-9-12-22(13-10-18)30-16-19-5-2-1-3-6-19/h1-15,17H,16H2,(H,27,28,29)/b14-11+. The van der Waals surface area contributed by atoms with Crippen LogP contribution in [-0.2, 0) is 11.4 Å². The van der Waals surface area contributed by atoms with Crippen molar-refractivity contribution in [3.63, 3.8) is 0 Å². The van der Waals surface area contributed by atoms with E-state index in [1.54, 1.807) is 6.08 Å². The number of benzene rings is 3. The van der Waals surface area contributed by atoms with Crippen LogP contribution in [0.3, 0.4) is 0 Å². The van der Waals surface area contributed by atoms with Crippen molar-refractivity contribution >= 4 is 44.4 Å². The molecule has 0 saturated heterocycles. The predicted molar refractivity (Wildman–Crippen MR) is 130 cm³/mol. The molecule has 6 heteroatoms. The van der Waals surface area contributed by atoms with Crippen molar-refractivity contribution in [1.82, 2.24) is 4.98 Å². The summed E-state index contributed by atoms with van der Waals surface area (Å²) in [5.74, 6) is 0.563. The maximum atomic E-state index is 12.2. The molecule has 0 aliphatic rings. The largest absolute Gasteiger partial charge is 0.489 e. The number of nitrogens with one attached hydrogen (secondary N) is 1. The summed E-state index contributed by atoms with van der Waals surface area (Å²) in [5.41, 5.74) is 3.86. The first-order valence-corrected chi connectivity index (χ1v) is 11.3. The van der Waals surface area contributed by atoms with Gasteiger partial charge in [-0.25, -0.2) is 4.98 Å². The van der Waals surface area contributed by atoms with E-state index in [1.807, 2.05) is 84.2 Å². The summed E-state index contributed by atoms with van der Waals surface area (Å²) in [6.45, 7) is 0.522. The molecule has 0 aliphatic heterocycles. The highest BCUT2D eigenvalue weighted by Crippen LogP contribution is 2.27. The first-order valence-electron chi connectivity index (χ1n) is 9.63. The summed E-state index contributed by atoms with van der Waals surface area (Å²) < 4.78 is 6.77. The van der Waals surface area contributed by atoms with Crippen molar-refractivity contribution in [3.05, 3.63) is 106 Å². The molecule has 0 aliphatic carbocycles. The van der Waals surface area contributed by atoms with Crippen molar-refractivity contribution in [1.29, 1.82) is 0 Å². The smallest absolute Gasteiger partial charge is 0.250 e. The van der Waals surface area contributed by atoms with Crippen molar-refractivity contribution in [2.45, 2.75) is 6.61 Å². The zero-order valence-corrected chi connectivity index (χ0v) is 18.9. The molecule has 0 bridgehead atoms. The Hall–Kier alpha value is -3.22. The van der Waals surface area contributed by atoms with Crippen LogP contribution in [0.25, 0.3) is 17.3 Å². The van der Waals surface area contributed by atoms with E-state index >= 15 is 0 Å². The fourth-order valence-electron chi connectivity index (χ4n) is 2.85. The lowest BCUT2D eigenvalue weighted by atomic mass is 10.2. The van der Waals surface area contributed by atoms with Gasteiger partial charge in [0.05, 0.1) is 5.69 Å². The summed E-state index contributed by atoms with van der Waals surface area (Å²) in [4.78, 5) is 16.7. The van der Waals surface area contributed by atoms with E-state index in [4.69, 9.17) is 4.74 Å². The highest BCUT2D eigenvalue weighted by molar-refractivity contribution is 9.10. The molecule has 0 fully saturated rings. The number of aromatic nitrogens is 1. The van der Waals surface area contributed by atoms with Gasteiger partial charge in [0.1, 0.15) is 12.4 Å². The molecule has 1 N–H and O–H groups in total. The summed E-state index contributed by atoms with van der Waals surface area (Å²) >= 11 is 4.86. The number of ether oxygens (including phenoxy) is 1. The second-order valence-corrected chi connectivity index (χ2v) is 8.49. The lowest BCUT2D eigenvalue weighted by Crippen LogP contribution is -2.07. The molecule has 4 rings (SSSR count). The number of anilines is 1. The number of hydrogen-bond donors (Lipinski definition) is 1. The number of hydrogen-bond acceptors (Lipinski definition) is 4. The van der Waals surface area contributed by atoms with E-state index < -0.39 is 0 Å². The third-order valence-corrected chi connectivity index (χ3v) is 5.66. The topological polar surface area (TPSA) is 51.2 Å². The molecule has 1 amide bonds. The minimum absolute atomic E-state index is 0.223. The molecule has 31 heavy (non-hydrogen) atoms. The SMILES string of the molecule is O=C(/C=C/c1ccc(OCc2ccccc2)cc1)Nc1nc(-c2cccc(Br)c2)cs1.